The normalized spacial score (nSPS) is 18.9. The predicted octanol–water partition coefficient (Wildman–Crippen LogP) is 3.80. The monoisotopic (exact) mass is 492 g/mol. The van der Waals surface area contributed by atoms with Crippen molar-refractivity contribution < 1.29 is 9.13 Å². The summed E-state index contributed by atoms with van der Waals surface area (Å²) in [5.74, 6) is 1.33. The van der Waals surface area contributed by atoms with Crippen LogP contribution in [0.15, 0.2) is 23.2 Å². The van der Waals surface area contributed by atoms with Crippen molar-refractivity contribution in [3.63, 3.8) is 0 Å². The van der Waals surface area contributed by atoms with E-state index in [0.29, 0.717) is 12.0 Å². The van der Waals surface area contributed by atoms with Crippen LogP contribution in [0.5, 0.6) is 5.75 Å². The topological polar surface area (TPSA) is 48.9 Å². The fraction of sp³-hybridized carbons (Fsp3) is 0.650. The van der Waals surface area contributed by atoms with Gasteiger partial charge in [0, 0.05) is 26.2 Å². The van der Waals surface area contributed by atoms with Crippen LogP contribution in [0.2, 0.25) is 0 Å². The lowest BCUT2D eigenvalue weighted by Gasteiger charge is -2.27. The summed E-state index contributed by atoms with van der Waals surface area (Å²) in [5.41, 5.74) is 0.855. The lowest BCUT2D eigenvalue weighted by Crippen LogP contribution is -2.46. The Balaban J connectivity index is 0.00000364. The quantitative estimate of drug-likeness (QED) is 0.346. The molecule has 1 aromatic carbocycles. The van der Waals surface area contributed by atoms with Crippen molar-refractivity contribution in [2.45, 2.75) is 45.7 Å². The summed E-state index contributed by atoms with van der Waals surface area (Å²) in [5, 5.41) is 6.77. The Morgan fingerprint density at radius 1 is 1.37 bits per heavy atom. The number of hydrogen-bond donors (Lipinski definition) is 2. The SMILES string of the molecule is CN=C(NC[C@H]1CCCN1CC(C)C)NC(C)c1ccc(OC)c(F)c1.I. The predicted molar refractivity (Wildman–Crippen MR) is 121 cm³/mol. The van der Waals surface area contributed by atoms with Crippen LogP contribution in [0.25, 0.3) is 0 Å². The van der Waals surface area contributed by atoms with Crippen molar-refractivity contribution in [1.82, 2.24) is 15.5 Å². The van der Waals surface area contributed by atoms with Crippen LogP contribution in [0.1, 0.15) is 45.2 Å². The molecule has 1 aliphatic heterocycles. The van der Waals surface area contributed by atoms with Gasteiger partial charge in [0.2, 0.25) is 0 Å². The number of ether oxygens (including phenoxy) is 1. The lowest BCUT2D eigenvalue weighted by atomic mass is 10.1. The Labute approximate surface area is 180 Å². The van der Waals surface area contributed by atoms with E-state index in [0.717, 1.165) is 24.6 Å². The van der Waals surface area contributed by atoms with E-state index in [4.69, 9.17) is 4.74 Å². The number of nitrogens with one attached hydrogen (secondary N) is 2. The van der Waals surface area contributed by atoms with E-state index in [1.54, 1.807) is 13.1 Å². The van der Waals surface area contributed by atoms with Gasteiger partial charge in [0.1, 0.15) is 0 Å². The largest absolute Gasteiger partial charge is 0.494 e. The molecule has 2 atom stereocenters. The van der Waals surface area contributed by atoms with Crippen LogP contribution in [-0.4, -0.2) is 50.7 Å². The molecule has 0 spiro atoms. The van der Waals surface area contributed by atoms with Crippen molar-refractivity contribution in [2.24, 2.45) is 10.9 Å². The zero-order chi connectivity index (χ0) is 19.1. The number of benzene rings is 1. The highest BCUT2D eigenvalue weighted by Crippen LogP contribution is 2.22. The summed E-state index contributed by atoms with van der Waals surface area (Å²) in [6, 6.07) is 5.52. The maximum atomic E-state index is 13.9. The van der Waals surface area contributed by atoms with Gasteiger partial charge in [-0.15, -0.1) is 24.0 Å². The standard InChI is InChI=1S/C20H33FN4O.HI/c1-14(2)13-25-10-6-7-17(25)12-23-20(22-4)24-15(3)16-8-9-19(26-5)18(21)11-16;/h8-9,11,14-15,17H,6-7,10,12-13H2,1-5H3,(H2,22,23,24);1H/t15?,17-;/m1./s1. The number of aliphatic imine (C=N–C) groups is 1. The smallest absolute Gasteiger partial charge is 0.191 e. The van der Waals surface area contributed by atoms with Crippen LogP contribution < -0.4 is 15.4 Å². The van der Waals surface area contributed by atoms with Gasteiger partial charge in [-0.05, 0) is 49.9 Å². The first-order chi connectivity index (χ1) is 12.4. The summed E-state index contributed by atoms with van der Waals surface area (Å²) < 4.78 is 18.9. The molecular formula is C20H34FIN4O. The number of guanidine groups is 1. The fourth-order valence-electron chi connectivity index (χ4n) is 3.49. The molecule has 2 N–H and O–H groups in total. The average Bonchev–Trinajstić information content (AvgIpc) is 3.04. The van der Waals surface area contributed by atoms with Crippen LogP contribution >= 0.6 is 24.0 Å². The van der Waals surface area contributed by atoms with Crippen molar-refractivity contribution in [3.05, 3.63) is 29.6 Å². The number of rotatable bonds is 7. The number of methoxy groups -OCH3 is 1. The first-order valence-electron chi connectivity index (χ1n) is 9.49. The van der Waals surface area contributed by atoms with Crippen molar-refractivity contribution in [3.8, 4) is 5.75 Å². The molecule has 0 bridgehead atoms. The van der Waals surface area contributed by atoms with Gasteiger partial charge in [0.15, 0.2) is 17.5 Å². The third-order valence-corrected chi connectivity index (χ3v) is 4.86. The van der Waals surface area contributed by atoms with Gasteiger partial charge in [-0.2, -0.15) is 0 Å². The van der Waals surface area contributed by atoms with Gasteiger partial charge in [-0.1, -0.05) is 19.9 Å². The molecule has 0 aromatic heterocycles. The molecule has 27 heavy (non-hydrogen) atoms. The van der Waals surface area contributed by atoms with E-state index in [-0.39, 0.29) is 41.6 Å². The highest BCUT2D eigenvalue weighted by atomic mass is 127. The maximum absolute atomic E-state index is 13.9. The van der Waals surface area contributed by atoms with Crippen LogP contribution in [0.4, 0.5) is 4.39 Å². The third-order valence-electron chi connectivity index (χ3n) is 4.86. The zero-order valence-electron chi connectivity index (χ0n) is 17.1. The minimum absolute atomic E-state index is 0. The third kappa shape index (κ3) is 7.10. The fourth-order valence-corrected chi connectivity index (χ4v) is 3.49. The van der Waals surface area contributed by atoms with Gasteiger partial charge in [0.05, 0.1) is 13.2 Å². The van der Waals surface area contributed by atoms with Gasteiger partial charge in [-0.25, -0.2) is 4.39 Å². The molecule has 1 aliphatic rings. The summed E-state index contributed by atoms with van der Waals surface area (Å²) in [7, 11) is 3.23. The molecule has 1 saturated heterocycles. The number of halogens is 2. The molecule has 1 fully saturated rings. The van der Waals surface area contributed by atoms with Crippen LogP contribution in [0.3, 0.4) is 0 Å². The van der Waals surface area contributed by atoms with Gasteiger partial charge in [-0.3, -0.25) is 9.89 Å². The highest BCUT2D eigenvalue weighted by Gasteiger charge is 2.25. The summed E-state index contributed by atoms with van der Waals surface area (Å²) in [6.45, 7) is 9.71. The Kier molecular flexibility index (Phi) is 10.4. The van der Waals surface area contributed by atoms with Gasteiger partial charge < -0.3 is 15.4 Å². The molecular weight excluding hydrogens is 458 g/mol. The molecule has 0 radical (unpaired) electrons. The van der Waals surface area contributed by atoms with Crippen molar-refractivity contribution in [1.29, 1.82) is 0 Å². The molecule has 7 heteroatoms. The van der Waals surface area contributed by atoms with Gasteiger partial charge in [0.25, 0.3) is 0 Å². The van der Waals surface area contributed by atoms with Crippen LogP contribution in [0, 0.1) is 11.7 Å². The maximum Gasteiger partial charge on any atom is 0.191 e. The Bertz CT molecular complexity index is 612. The molecule has 154 valence electrons. The molecule has 2 rings (SSSR count). The van der Waals surface area contributed by atoms with E-state index in [1.807, 2.05) is 13.0 Å². The van der Waals surface area contributed by atoms with E-state index in [2.05, 4.69) is 34.4 Å². The van der Waals surface area contributed by atoms with Gasteiger partial charge >= 0.3 is 0 Å². The minimum Gasteiger partial charge on any atom is -0.494 e. The van der Waals surface area contributed by atoms with E-state index in [9.17, 15) is 4.39 Å². The number of nitrogens with zero attached hydrogens (tertiary/aromatic N) is 2. The van der Waals surface area contributed by atoms with Crippen molar-refractivity contribution >= 4 is 29.9 Å². The highest BCUT2D eigenvalue weighted by molar-refractivity contribution is 14.0. The summed E-state index contributed by atoms with van der Waals surface area (Å²) in [4.78, 5) is 6.88. The van der Waals surface area contributed by atoms with E-state index in [1.165, 1.54) is 32.6 Å². The number of hydrogen-bond acceptors (Lipinski definition) is 3. The molecule has 1 heterocycles. The average molecular weight is 492 g/mol. The Hall–Kier alpha value is -1.09. The minimum atomic E-state index is -0.350. The Morgan fingerprint density at radius 3 is 2.70 bits per heavy atom. The second-order valence-electron chi connectivity index (χ2n) is 7.40. The van der Waals surface area contributed by atoms with E-state index < -0.39 is 0 Å². The van der Waals surface area contributed by atoms with Crippen LogP contribution in [-0.2, 0) is 0 Å². The molecule has 1 aromatic rings. The summed E-state index contributed by atoms with van der Waals surface area (Å²) in [6.07, 6.45) is 2.47. The molecule has 0 amide bonds. The molecule has 0 aliphatic carbocycles. The number of likely N-dealkylation sites (tertiary alicyclic amines) is 1. The zero-order valence-corrected chi connectivity index (χ0v) is 19.4. The molecule has 1 unspecified atom stereocenters. The Morgan fingerprint density at radius 2 is 2.11 bits per heavy atom. The lowest BCUT2D eigenvalue weighted by molar-refractivity contribution is 0.226. The summed E-state index contributed by atoms with van der Waals surface area (Å²) >= 11 is 0. The second-order valence-corrected chi connectivity index (χ2v) is 7.40. The first-order valence-corrected chi connectivity index (χ1v) is 9.49. The molecule has 5 nitrogen and oxygen atoms in total. The van der Waals surface area contributed by atoms with E-state index >= 15 is 0 Å². The second kappa shape index (κ2) is 11.7. The first kappa shape index (κ1) is 23.9. The van der Waals surface area contributed by atoms with Crippen molar-refractivity contribution in [2.75, 3.05) is 33.8 Å². The molecule has 0 saturated carbocycles.